The molecule has 3 nitrogen and oxygen atoms in total. The quantitative estimate of drug-likeness (QED) is 0.782. The fourth-order valence-corrected chi connectivity index (χ4v) is 2.21. The molecule has 0 bridgehead atoms. The zero-order chi connectivity index (χ0) is 11.8. The van der Waals surface area contributed by atoms with Gasteiger partial charge in [-0.1, -0.05) is 0 Å². The van der Waals surface area contributed by atoms with Crippen LogP contribution in [0.4, 0.5) is 5.69 Å². The molecule has 1 aliphatic rings. The minimum absolute atomic E-state index is 0.177. The number of hydrogen-bond acceptors (Lipinski definition) is 3. The highest BCUT2D eigenvalue weighted by molar-refractivity contribution is 5.48. The lowest BCUT2D eigenvalue weighted by molar-refractivity contribution is 0.318. The summed E-state index contributed by atoms with van der Waals surface area (Å²) in [5.74, 6) is 0. The van der Waals surface area contributed by atoms with E-state index in [4.69, 9.17) is 0 Å². The highest BCUT2D eigenvalue weighted by Gasteiger charge is 2.30. The highest BCUT2D eigenvalue weighted by atomic mass is 15.2. The monoisotopic (exact) mass is 219 g/mol. The molecule has 1 atom stereocenters. The van der Waals surface area contributed by atoms with Crippen molar-refractivity contribution in [1.29, 1.82) is 0 Å². The molecule has 2 rings (SSSR count). The molecule has 0 radical (unpaired) electrons. The molecule has 0 amide bonds. The summed E-state index contributed by atoms with van der Waals surface area (Å²) in [6.07, 6.45) is 3.87. The maximum Gasteiger partial charge on any atom is 0.0558 e. The molecule has 0 aliphatic carbocycles. The summed E-state index contributed by atoms with van der Waals surface area (Å²) in [5.41, 5.74) is 2.64. The fraction of sp³-hybridized carbons (Fsp3) is 0.615. The lowest BCUT2D eigenvalue weighted by Gasteiger charge is -2.44. The van der Waals surface area contributed by atoms with Gasteiger partial charge in [0, 0.05) is 30.9 Å². The minimum Gasteiger partial charge on any atom is -0.364 e. The van der Waals surface area contributed by atoms with E-state index in [0.717, 1.165) is 13.1 Å². The second-order valence-corrected chi connectivity index (χ2v) is 5.46. The Bertz CT molecular complexity index is 373. The molecule has 1 unspecified atom stereocenters. The van der Waals surface area contributed by atoms with Crippen LogP contribution in [0.25, 0.3) is 0 Å². The van der Waals surface area contributed by atoms with Gasteiger partial charge >= 0.3 is 0 Å². The van der Waals surface area contributed by atoms with Gasteiger partial charge in [0.2, 0.25) is 0 Å². The Morgan fingerprint density at radius 2 is 2.19 bits per heavy atom. The first-order chi connectivity index (χ1) is 7.48. The van der Waals surface area contributed by atoms with Crippen molar-refractivity contribution in [2.24, 2.45) is 0 Å². The van der Waals surface area contributed by atoms with E-state index >= 15 is 0 Å². The van der Waals surface area contributed by atoms with Crippen LogP contribution in [0.2, 0.25) is 0 Å². The molecule has 1 saturated heterocycles. The van der Waals surface area contributed by atoms with Crippen molar-refractivity contribution in [3.63, 3.8) is 0 Å². The van der Waals surface area contributed by atoms with E-state index in [9.17, 15) is 0 Å². The van der Waals surface area contributed by atoms with Gasteiger partial charge in [-0.25, -0.2) is 0 Å². The zero-order valence-electron chi connectivity index (χ0n) is 10.6. The number of rotatable bonds is 1. The first-order valence-corrected chi connectivity index (χ1v) is 5.91. The van der Waals surface area contributed by atoms with Crippen molar-refractivity contribution in [3.05, 3.63) is 24.0 Å². The van der Waals surface area contributed by atoms with E-state index in [0.29, 0.717) is 6.04 Å². The Balaban J connectivity index is 2.25. The molecule has 1 aliphatic heterocycles. The topological polar surface area (TPSA) is 28.2 Å². The number of hydrogen-bond donors (Lipinski definition) is 1. The van der Waals surface area contributed by atoms with E-state index in [1.54, 1.807) is 0 Å². The Kier molecular flexibility index (Phi) is 2.89. The van der Waals surface area contributed by atoms with E-state index in [1.165, 1.54) is 11.3 Å². The lowest BCUT2D eigenvalue weighted by atomic mass is 9.98. The first-order valence-electron chi connectivity index (χ1n) is 5.91. The maximum atomic E-state index is 4.28. The van der Waals surface area contributed by atoms with Crippen LogP contribution in [0.5, 0.6) is 0 Å². The van der Waals surface area contributed by atoms with Gasteiger partial charge in [-0.2, -0.15) is 0 Å². The molecule has 0 saturated carbocycles. The standard InChI is InChI=1S/C13H21N3/c1-10-5-12(8-14-6-10)16-9-13(3,4)15-7-11(16)2/h5-6,8,11,15H,7,9H2,1-4H3. The largest absolute Gasteiger partial charge is 0.364 e. The Labute approximate surface area is 97.9 Å². The van der Waals surface area contributed by atoms with Crippen LogP contribution in [0, 0.1) is 6.92 Å². The molecule has 1 aromatic rings. The van der Waals surface area contributed by atoms with Crippen molar-refractivity contribution in [2.45, 2.75) is 39.3 Å². The Hall–Kier alpha value is -1.09. The summed E-state index contributed by atoms with van der Waals surface area (Å²) in [7, 11) is 0. The molecule has 88 valence electrons. The summed E-state index contributed by atoms with van der Waals surface area (Å²) in [6, 6.07) is 2.74. The molecular formula is C13H21N3. The normalized spacial score (nSPS) is 24.5. The second-order valence-electron chi connectivity index (χ2n) is 5.46. The summed E-state index contributed by atoms with van der Waals surface area (Å²) in [6.45, 7) is 10.9. The van der Waals surface area contributed by atoms with Crippen LogP contribution in [0.3, 0.4) is 0 Å². The van der Waals surface area contributed by atoms with Crippen molar-refractivity contribution < 1.29 is 0 Å². The van der Waals surface area contributed by atoms with Crippen LogP contribution in [0.15, 0.2) is 18.5 Å². The molecule has 0 aromatic carbocycles. The van der Waals surface area contributed by atoms with Gasteiger partial charge < -0.3 is 10.2 Å². The second kappa shape index (κ2) is 4.06. The average molecular weight is 219 g/mol. The number of nitrogens with zero attached hydrogens (tertiary/aromatic N) is 2. The predicted octanol–water partition coefficient (Wildman–Crippen LogP) is 1.97. The summed E-state index contributed by atoms with van der Waals surface area (Å²) >= 11 is 0. The Morgan fingerprint density at radius 3 is 2.88 bits per heavy atom. The third kappa shape index (κ3) is 2.35. The molecule has 16 heavy (non-hydrogen) atoms. The molecular weight excluding hydrogens is 198 g/mol. The van der Waals surface area contributed by atoms with Crippen LogP contribution in [0.1, 0.15) is 26.3 Å². The SMILES string of the molecule is Cc1cncc(N2CC(C)(C)NCC2C)c1. The summed E-state index contributed by atoms with van der Waals surface area (Å²) in [5, 5.41) is 3.56. The van der Waals surface area contributed by atoms with Gasteiger partial charge in [0.05, 0.1) is 11.9 Å². The predicted molar refractivity (Wildman–Crippen MR) is 67.9 cm³/mol. The van der Waals surface area contributed by atoms with Gasteiger partial charge in [0.1, 0.15) is 0 Å². The van der Waals surface area contributed by atoms with Gasteiger partial charge in [-0.15, -0.1) is 0 Å². The van der Waals surface area contributed by atoms with Crippen LogP contribution >= 0.6 is 0 Å². The highest BCUT2D eigenvalue weighted by Crippen LogP contribution is 2.23. The average Bonchev–Trinajstić information content (AvgIpc) is 2.22. The number of piperazine rings is 1. The molecule has 2 heterocycles. The van der Waals surface area contributed by atoms with E-state index in [1.807, 2.05) is 12.4 Å². The number of anilines is 1. The van der Waals surface area contributed by atoms with Gasteiger partial charge in [0.15, 0.2) is 0 Å². The summed E-state index contributed by atoms with van der Waals surface area (Å²) < 4.78 is 0. The van der Waals surface area contributed by atoms with Gasteiger partial charge in [0.25, 0.3) is 0 Å². The van der Waals surface area contributed by atoms with Crippen molar-refractivity contribution in [2.75, 3.05) is 18.0 Å². The number of aryl methyl sites for hydroxylation is 1. The van der Waals surface area contributed by atoms with Gasteiger partial charge in [-0.05, 0) is 39.3 Å². The van der Waals surface area contributed by atoms with Crippen LogP contribution < -0.4 is 10.2 Å². The molecule has 0 spiro atoms. The number of nitrogens with one attached hydrogen (secondary N) is 1. The van der Waals surface area contributed by atoms with Crippen LogP contribution in [-0.4, -0.2) is 29.7 Å². The van der Waals surface area contributed by atoms with Crippen molar-refractivity contribution in [3.8, 4) is 0 Å². The molecule has 1 fully saturated rings. The molecule has 3 heteroatoms. The van der Waals surface area contributed by atoms with Crippen molar-refractivity contribution in [1.82, 2.24) is 10.3 Å². The van der Waals surface area contributed by atoms with E-state index in [-0.39, 0.29) is 5.54 Å². The number of pyridine rings is 1. The third-order valence-corrected chi connectivity index (χ3v) is 3.17. The third-order valence-electron chi connectivity index (χ3n) is 3.17. The molecule has 1 N–H and O–H groups in total. The van der Waals surface area contributed by atoms with E-state index in [2.05, 4.69) is 49.0 Å². The lowest BCUT2D eigenvalue weighted by Crippen LogP contribution is -2.61. The van der Waals surface area contributed by atoms with E-state index < -0.39 is 0 Å². The number of aromatic nitrogens is 1. The first kappa shape index (κ1) is 11.4. The van der Waals surface area contributed by atoms with Gasteiger partial charge in [-0.3, -0.25) is 4.98 Å². The van der Waals surface area contributed by atoms with Crippen LogP contribution in [-0.2, 0) is 0 Å². The van der Waals surface area contributed by atoms with Crippen molar-refractivity contribution >= 4 is 5.69 Å². The Morgan fingerprint density at radius 1 is 1.44 bits per heavy atom. The smallest absolute Gasteiger partial charge is 0.0558 e. The maximum absolute atomic E-state index is 4.28. The zero-order valence-corrected chi connectivity index (χ0v) is 10.6. The summed E-state index contributed by atoms with van der Waals surface area (Å²) in [4.78, 5) is 6.72. The molecule has 1 aromatic heterocycles. The fourth-order valence-electron chi connectivity index (χ4n) is 2.21. The minimum atomic E-state index is 0.177.